The zero-order chi connectivity index (χ0) is 23.1. The minimum atomic E-state index is -3.33. The summed E-state index contributed by atoms with van der Waals surface area (Å²) in [5.74, 6) is 0.0243. The van der Waals surface area contributed by atoms with Crippen molar-refractivity contribution < 1.29 is 13.2 Å². The standard InChI is InChI=1S/C25H29N3O3S2/c29-24(26-25(23-12-7-19-32-23)22-10-5-2-6-11-22)13-14-27-15-17-28(18-16-27)33(30,31)20-21-8-3-1-4-9-21/h1-12,19,25H,13-18,20H2,(H,26,29)/t25-/m1/s1. The number of piperazine rings is 1. The summed E-state index contributed by atoms with van der Waals surface area (Å²) in [4.78, 5) is 16.0. The molecule has 0 saturated carbocycles. The minimum Gasteiger partial charge on any atom is -0.344 e. The summed E-state index contributed by atoms with van der Waals surface area (Å²) in [6, 6.07) is 23.1. The molecule has 1 fully saturated rings. The van der Waals surface area contributed by atoms with Gasteiger partial charge in [-0.3, -0.25) is 4.79 Å². The van der Waals surface area contributed by atoms with Crippen molar-refractivity contribution in [1.82, 2.24) is 14.5 Å². The Labute approximate surface area is 199 Å². The fraction of sp³-hybridized carbons (Fsp3) is 0.320. The molecule has 0 radical (unpaired) electrons. The van der Waals surface area contributed by atoms with Gasteiger partial charge in [0.25, 0.3) is 0 Å². The molecule has 4 rings (SSSR count). The van der Waals surface area contributed by atoms with E-state index in [1.165, 1.54) is 0 Å². The lowest BCUT2D eigenvalue weighted by Crippen LogP contribution is -2.49. The van der Waals surface area contributed by atoms with Crippen molar-refractivity contribution in [3.05, 3.63) is 94.2 Å². The quantitative estimate of drug-likeness (QED) is 0.506. The van der Waals surface area contributed by atoms with Gasteiger partial charge in [0.15, 0.2) is 0 Å². The predicted molar refractivity (Wildman–Crippen MR) is 132 cm³/mol. The van der Waals surface area contributed by atoms with Crippen LogP contribution in [0, 0.1) is 0 Å². The molecule has 1 N–H and O–H groups in total. The van der Waals surface area contributed by atoms with E-state index in [1.54, 1.807) is 15.6 Å². The number of benzene rings is 2. The van der Waals surface area contributed by atoms with Gasteiger partial charge in [0.1, 0.15) is 0 Å². The van der Waals surface area contributed by atoms with Gasteiger partial charge in [-0.1, -0.05) is 66.7 Å². The molecule has 2 aromatic carbocycles. The first-order valence-electron chi connectivity index (χ1n) is 11.1. The van der Waals surface area contributed by atoms with E-state index < -0.39 is 10.0 Å². The first-order valence-corrected chi connectivity index (χ1v) is 13.6. The van der Waals surface area contributed by atoms with E-state index in [1.807, 2.05) is 78.2 Å². The highest BCUT2D eigenvalue weighted by Crippen LogP contribution is 2.26. The molecule has 1 atom stereocenters. The fourth-order valence-corrected chi connectivity index (χ4v) is 6.34. The Kier molecular flexibility index (Phi) is 7.93. The Bertz CT molecular complexity index is 1110. The molecule has 3 aromatic rings. The topological polar surface area (TPSA) is 69.7 Å². The Morgan fingerprint density at radius 1 is 0.909 bits per heavy atom. The summed E-state index contributed by atoms with van der Waals surface area (Å²) in [5.41, 5.74) is 1.86. The summed E-state index contributed by atoms with van der Waals surface area (Å²) in [7, 11) is -3.33. The third-order valence-corrected chi connectivity index (χ3v) is 8.62. The Morgan fingerprint density at radius 3 is 2.21 bits per heavy atom. The van der Waals surface area contributed by atoms with Crippen LogP contribution < -0.4 is 5.32 Å². The maximum Gasteiger partial charge on any atom is 0.222 e. The molecule has 1 saturated heterocycles. The molecule has 1 aromatic heterocycles. The predicted octanol–water partition coefficient (Wildman–Crippen LogP) is 3.49. The van der Waals surface area contributed by atoms with Crippen molar-refractivity contribution >= 4 is 27.3 Å². The fourth-order valence-electron chi connectivity index (χ4n) is 4.02. The highest BCUT2D eigenvalue weighted by atomic mass is 32.2. The molecule has 0 aliphatic carbocycles. The van der Waals surface area contributed by atoms with Crippen LogP contribution in [0.1, 0.15) is 28.5 Å². The smallest absolute Gasteiger partial charge is 0.222 e. The Hall–Kier alpha value is -2.52. The molecule has 0 unspecified atom stereocenters. The van der Waals surface area contributed by atoms with Crippen LogP contribution in [0.25, 0.3) is 0 Å². The molecule has 6 nitrogen and oxygen atoms in total. The van der Waals surface area contributed by atoms with Gasteiger partial charge in [-0.05, 0) is 22.6 Å². The van der Waals surface area contributed by atoms with E-state index in [0.717, 1.165) is 16.0 Å². The number of amides is 1. The van der Waals surface area contributed by atoms with Crippen molar-refractivity contribution in [2.75, 3.05) is 32.7 Å². The van der Waals surface area contributed by atoms with E-state index in [0.29, 0.717) is 39.1 Å². The highest BCUT2D eigenvalue weighted by Gasteiger charge is 2.27. The minimum absolute atomic E-state index is 0.00335. The first-order chi connectivity index (χ1) is 16.0. The van der Waals surface area contributed by atoms with Crippen LogP contribution in [0.5, 0.6) is 0 Å². The van der Waals surface area contributed by atoms with E-state index in [4.69, 9.17) is 0 Å². The highest BCUT2D eigenvalue weighted by molar-refractivity contribution is 7.88. The number of nitrogens with one attached hydrogen (secondary N) is 1. The Balaban J connectivity index is 1.26. The number of rotatable bonds is 9. The van der Waals surface area contributed by atoms with Crippen LogP contribution in [0.15, 0.2) is 78.2 Å². The average Bonchev–Trinajstić information content (AvgIpc) is 3.37. The summed E-state index contributed by atoms with van der Waals surface area (Å²) >= 11 is 1.63. The van der Waals surface area contributed by atoms with Crippen LogP contribution >= 0.6 is 11.3 Å². The van der Waals surface area contributed by atoms with E-state index in [9.17, 15) is 13.2 Å². The Morgan fingerprint density at radius 2 is 1.58 bits per heavy atom. The van der Waals surface area contributed by atoms with Gasteiger partial charge in [0.05, 0.1) is 11.8 Å². The second-order valence-corrected chi connectivity index (χ2v) is 11.1. The number of sulfonamides is 1. The molecule has 1 aliphatic rings. The normalized spacial score (nSPS) is 16.4. The van der Waals surface area contributed by atoms with Gasteiger partial charge in [0, 0.05) is 44.0 Å². The van der Waals surface area contributed by atoms with Gasteiger partial charge < -0.3 is 10.2 Å². The monoisotopic (exact) mass is 483 g/mol. The summed E-state index contributed by atoms with van der Waals surface area (Å²) in [5, 5.41) is 5.19. The largest absolute Gasteiger partial charge is 0.344 e. The average molecular weight is 484 g/mol. The van der Waals surface area contributed by atoms with Crippen LogP contribution in [0.2, 0.25) is 0 Å². The van der Waals surface area contributed by atoms with Gasteiger partial charge >= 0.3 is 0 Å². The molecule has 0 bridgehead atoms. The van der Waals surface area contributed by atoms with Crippen LogP contribution in [0.4, 0.5) is 0 Å². The van der Waals surface area contributed by atoms with Gasteiger partial charge in [0.2, 0.25) is 15.9 Å². The molecular formula is C25H29N3O3S2. The summed E-state index contributed by atoms with van der Waals surface area (Å²) in [6.45, 7) is 2.80. The van der Waals surface area contributed by atoms with Crippen molar-refractivity contribution in [3.8, 4) is 0 Å². The third kappa shape index (κ3) is 6.51. The molecular weight excluding hydrogens is 454 g/mol. The van der Waals surface area contributed by atoms with Crippen LogP contribution in [-0.4, -0.2) is 56.3 Å². The zero-order valence-electron chi connectivity index (χ0n) is 18.5. The van der Waals surface area contributed by atoms with Crippen molar-refractivity contribution in [2.24, 2.45) is 0 Å². The third-order valence-electron chi connectivity index (χ3n) is 5.84. The molecule has 0 spiro atoms. The van der Waals surface area contributed by atoms with E-state index >= 15 is 0 Å². The summed E-state index contributed by atoms with van der Waals surface area (Å²) < 4.78 is 27.0. The van der Waals surface area contributed by atoms with Gasteiger partial charge in [-0.15, -0.1) is 11.3 Å². The van der Waals surface area contributed by atoms with Crippen molar-refractivity contribution in [2.45, 2.75) is 18.2 Å². The van der Waals surface area contributed by atoms with Gasteiger partial charge in [-0.2, -0.15) is 4.31 Å². The molecule has 1 amide bonds. The zero-order valence-corrected chi connectivity index (χ0v) is 20.1. The number of carbonyl (C=O) groups excluding carboxylic acids is 1. The lowest BCUT2D eigenvalue weighted by molar-refractivity contribution is -0.122. The lowest BCUT2D eigenvalue weighted by atomic mass is 10.1. The number of hydrogen-bond donors (Lipinski definition) is 1. The maximum atomic E-state index is 12.8. The van der Waals surface area contributed by atoms with E-state index in [-0.39, 0.29) is 17.7 Å². The van der Waals surface area contributed by atoms with Crippen molar-refractivity contribution in [1.29, 1.82) is 0 Å². The molecule has 2 heterocycles. The molecule has 33 heavy (non-hydrogen) atoms. The first kappa shape index (κ1) is 23.6. The van der Waals surface area contributed by atoms with Crippen molar-refractivity contribution in [3.63, 3.8) is 0 Å². The number of hydrogen-bond acceptors (Lipinski definition) is 5. The summed E-state index contributed by atoms with van der Waals surface area (Å²) in [6.07, 6.45) is 0.380. The second-order valence-electron chi connectivity index (χ2n) is 8.16. The lowest BCUT2D eigenvalue weighted by Gasteiger charge is -2.34. The maximum absolute atomic E-state index is 12.8. The second kappa shape index (κ2) is 11.1. The molecule has 8 heteroatoms. The number of thiophene rings is 1. The molecule has 1 aliphatic heterocycles. The van der Waals surface area contributed by atoms with E-state index in [2.05, 4.69) is 10.2 Å². The van der Waals surface area contributed by atoms with Crippen LogP contribution in [0.3, 0.4) is 0 Å². The molecule has 174 valence electrons. The SMILES string of the molecule is O=C(CCN1CCN(S(=O)(=O)Cc2ccccc2)CC1)N[C@H](c1ccccc1)c1cccs1. The van der Waals surface area contributed by atoms with Gasteiger partial charge in [-0.25, -0.2) is 8.42 Å². The number of nitrogens with zero attached hydrogens (tertiary/aromatic N) is 2. The van der Waals surface area contributed by atoms with Crippen LogP contribution in [-0.2, 0) is 20.6 Å². The number of carbonyl (C=O) groups is 1.